The van der Waals surface area contributed by atoms with E-state index in [1.807, 2.05) is 20.8 Å². The second kappa shape index (κ2) is 6.64. The lowest BCUT2D eigenvalue weighted by Gasteiger charge is -2.46. The van der Waals surface area contributed by atoms with Crippen molar-refractivity contribution in [3.05, 3.63) is 35.9 Å². The molecule has 1 amide bonds. The van der Waals surface area contributed by atoms with Gasteiger partial charge in [0.05, 0.1) is 12.1 Å². The fourth-order valence-electron chi connectivity index (χ4n) is 4.28. The van der Waals surface area contributed by atoms with Crippen molar-refractivity contribution in [2.45, 2.75) is 77.5 Å². The Kier molecular flexibility index (Phi) is 4.77. The zero-order valence-electron chi connectivity index (χ0n) is 14.8. The number of rotatable bonds is 3. The second-order valence-corrected chi connectivity index (χ2v) is 8.45. The van der Waals surface area contributed by atoms with E-state index in [2.05, 4.69) is 35.6 Å². The summed E-state index contributed by atoms with van der Waals surface area (Å²) in [6.45, 7) is 7.13. The molecule has 2 bridgehead atoms. The molecule has 2 heterocycles. The van der Waals surface area contributed by atoms with E-state index in [4.69, 9.17) is 0 Å². The van der Waals surface area contributed by atoms with Crippen LogP contribution in [0, 0.1) is 5.41 Å². The summed E-state index contributed by atoms with van der Waals surface area (Å²) in [5.74, 6) is 0.201. The summed E-state index contributed by atoms with van der Waals surface area (Å²) in [6, 6.07) is 12.6. The number of hydrogen-bond donors (Lipinski definition) is 2. The van der Waals surface area contributed by atoms with Crippen LogP contribution in [0.3, 0.4) is 0 Å². The molecule has 0 saturated carbocycles. The first-order valence-corrected chi connectivity index (χ1v) is 9.14. The molecular weight excluding hydrogens is 284 g/mol. The second-order valence-electron chi connectivity index (χ2n) is 8.45. The maximum atomic E-state index is 12.3. The summed E-state index contributed by atoms with van der Waals surface area (Å²) in [5.41, 5.74) is 1.15. The Labute approximate surface area is 140 Å². The molecule has 2 aliphatic heterocycles. The number of hydrogen-bond acceptors (Lipinski definition) is 1. The third-order valence-electron chi connectivity index (χ3n) is 5.56. The van der Waals surface area contributed by atoms with Crippen LogP contribution in [0.1, 0.15) is 58.4 Å². The third kappa shape index (κ3) is 3.95. The Morgan fingerprint density at radius 3 is 2.30 bits per heavy atom. The van der Waals surface area contributed by atoms with Gasteiger partial charge < -0.3 is 10.2 Å². The summed E-state index contributed by atoms with van der Waals surface area (Å²) < 4.78 is 0. The lowest BCUT2D eigenvalue weighted by molar-refractivity contribution is -0.973. The first-order valence-electron chi connectivity index (χ1n) is 9.14. The van der Waals surface area contributed by atoms with Gasteiger partial charge in [-0.15, -0.1) is 0 Å². The normalized spacial score (nSPS) is 30.7. The number of piperidine rings is 2. The Morgan fingerprint density at radius 2 is 1.74 bits per heavy atom. The van der Waals surface area contributed by atoms with Crippen LogP contribution in [-0.4, -0.2) is 24.0 Å². The number of nitrogens with one attached hydrogen (secondary N) is 2. The molecule has 2 aliphatic rings. The van der Waals surface area contributed by atoms with Gasteiger partial charge in [0.25, 0.3) is 0 Å². The first-order chi connectivity index (χ1) is 10.9. The molecule has 1 aromatic rings. The Bertz CT molecular complexity index is 520. The SMILES string of the molecule is CC(C)(C)C(=O)NC1C[C@H]2CCC[C@@H](C1)[NH+]2Cc1ccccc1. The minimum absolute atomic E-state index is 0.201. The quantitative estimate of drug-likeness (QED) is 0.882. The number of carbonyl (C=O) groups is 1. The molecule has 2 saturated heterocycles. The fourth-order valence-corrected chi connectivity index (χ4v) is 4.28. The molecule has 126 valence electrons. The van der Waals surface area contributed by atoms with Crippen LogP contribution >= 0.6 is 0 Å². The van der Waals surface area contributed by atoms with Crippen molar-refractivity contribution in [1.82, 2.24) is 5.32 Å². The highest BCUT2D eigenvalue weighted by atomic mass is 16.2. The summed E-state index contributed by atoms with van der Waals surface area (Å²) in [7, 11) is 0. The Morgan fingerprint density at radius 1 is 1.13 bits per heavy atom. The van der Waals surface area contributed by atoms with E-state index in [0.29, 0.717) is 18.1 Å². The number of amides is 1. The van der Waals surface area contributed by atoms with Crippen molar-refractivity contribution >= 4 is 5.91 Å². The lowest BCUT2D eigenvalue weighted by Crippen LogP contribution is -3.20. The largest absolute Gasteiger partial charge is 0.352 e. The molecule has 0 aliphatic carbocycles. The van der Waals surface area contributed by atoms with E-state index in [1.165, 1.54) is 24.8 Å². The highest BCUT2D eigenvalue weighted by Crippen LogP contribution is 2.24. The molecule has 2 N–H and O–H groups in total. The van der Waals surface area contributed by atoms with Crippen LogP contribution in [0.15, 0.2) is 30.3 Å². The highest BCUT2D eigenvalue weighted by Gasteiger charge is 2.42. The van der Waals surface area contributed by atoms with Gasteiger partial charge in [0, 0.05) is 29.9 Å². The molecule has 0 aromatic heterocycles. The first kappa shape index (κ1) is 16.5. The fraction of sp³-hybridized carbons (Fsp3) is 0.650. The number of benzene rings is 1. The summed E-state index contributed by atoms with van der Waals surface area (Å²) in [5, 5.41) is 3.32. The molecular formula is C20H31N2O+. The lowest BCUT2D eigenvalue weighted by atomic mass is 9.81. The van der Waals surface area contributed by atoms with Gasteiger partial charge in [0.1, 0.15) is 6.54 Å². The van der Waals surface area contributed by atoms with Crippen molar-refractivity contribution in [2.24, 2.45) is 5.41 Å². The zero-order chi connectivity index (χ0) is 16.4. The maximum absolute atomic E-state index is 12.3. The third-order valence-corrected chi connectivity index (χ3v) is 5.56. The average Bonchev–Trinajstić information content (AvgIpc) is 2.48. The van der Waals surface area contributed by atoms with Gasteiger partial charge in [0.15, 0.2) is 0 Å². The van der Waals surface area contributed by atoms with Crippen LogP contribution in [0.4, 0.5) is 0 Å². The number of carbonyl (C=O) groups excluding carboxylic acids is 1. The number of fused-ring (bicyclic) bond motifs is 2. The topological polar surface area (TPSA) is 33.5 Å². The monoisotopic (exact) mass is 315 g/mol. The molecule has 0 radical (unpaired) electrons. The molecule has 3 heteroatoms. The van der Waals surface area contributed by atoms with Gasteiger partial charge in [-0.3, -0.25) is 4.79 Å². The van der Waals surface area contributed by atoms with Gasteiger partial charge in [-0.2, -0.15) is 0 Å². The van der Waals surface area contributed by atoms with Crippen molar-refractivity contribution in [2.75, 3.05) is 0 Å². The van der Waals surface area contributed by atoms with E-state index in [-0.39, 0.29) is 11.3 Å². The maximum Gasteiger partial charge on any atom is 0.225 e. The molecule has 0 spiro atoms. The van der Waals surface area contributed by atoms with Crippen LogP contribution in [0.5, 0.6) is 0 Å². The smallest absolute Gasteiger partial charge is 0.225 e. The molecule has 2 unspecified atom stereocenters. The Hall–Kier alpha value is -1.35. The average molecular weight is 315 g/mol. The van der Waals surface area contributed by atoms with Crippen LogP contribution in [0.25, 0.3) is 0 Å². The number of quaternary nitrogens is 1. The van der Waals surface area contributed by atoms with Gasteiger partial charge in [-0.05, 0) is 19.3 Å². The molecule has 23 heavy (non-hydrogen) atoms. The minimum Gasteiger partial charge on any atom is -0.352 e. The highest BCUT2D eigenvalue weighted by molar-refractivity contribution is 5.81. The molecule has 3 nitrogen and oxygen atoms in total. The van der Waals surface area contributed by atoms with E-state index in [9.17, 15) is 4.79 Å². The van der Waals surface area contributed by atoms with Gasteiger partial charge in [0.2, 0.25) is 5.91 Å². The van der Waals surface area contributed by atoms with E-state index in [1.54, 1.807) is 4.90 Å². The molecule has 2 fully saturated rings. The van der Waals surface area contributed by atoms with Crippen molar-refractivity contribution in [3.63, 3.8) is 0 Å². The van der Waals surface area contributed by atoms with Gasteiger partial charge >= 0.3 is 0 Å². The minimum atomic E-state index is -0.289. The molecule has 1 aromatic carbocycles. The predicted octanol–water partition coefficient (Wildman–Crippen LogP) is 2.32. The Balaban J connectivity index is 1.65. The van der Waals surface area contributed by atoms with E-state index in [0.717, 1.165) is 19.4 Å². The van der Waals surface area contributed by atoms with Crippen molar-refractivity contribution in [1.29, 1.82) is 0 Å². The summed E-state index contributed by atoms with van der Waals surface area (Å²) in [4.78, 5) is 14.1. The standard InChI is InChI=1S/C20H30N2O/c1-20(2,3)19(23)21-16-12-17-10-7-11-18(13-16)22(17)14-15-8-5-4-6-9-15/h4-6,8-9,16-18H,7,10-14H2,1-3H3,(H,21,23)/p+1/t16?,17-,18+. The van der Waals surface area contributed by atoms with Crippen LogP contribution < -0.4 is 10.2 Å². The van der Waals surface area contributed by atoms with Gasteiger partial charge in [-0.25, -0.2) is 0 Å². The zero-order valence-corrected chi connectivity index (χ0v) is 14.8. The summed E-state index contributed by atoms with van der Waals surface area (Å²) >= 11 is 0. The van der Waals surface area contributed by atoms with Gasteiger partial charge in [-0.1, -0.05) is 51.1 Å². The van der Waals surface area contributed by atoms with Crippen molar-refractivity contribution < 1.29 is 9.69 Å². The van der Waals surface area contributed by atoms with Crippen molar-refractivity contribution in [3.8, 4) is 0 Å². The summed E-state index contributed by atoms with van der Waals surface area (Å²) in [6.07, 6.45) is 6.25. The van der Waals surface area contributed by atoms with Crippen LogP contribution in [-0.2, 0) is 11.3 Å². The molecule has 3 rings (SSSR count). The predicted molar refractivity (Wildman–Crippen MR) is 93.2 cm³/mol. The van der Waals surface area contributed by atoms with Crippen LogP contribution in [0.2, 0.25) is 0 Å². The van der Waals surface area contributed by atoms with E-state index < -0.39 is 0 Å². The van der Waals surface area contributed by atoms with E-state index >= 15 is 0 Å². The molecule has 4 atom stereocenters.